The topological polar surface area (TPSA) is 12.4 Å². The van der Waals surface area contributed by atoms with E-state index in [9.17, 15) is 0 Å². The van der Waals surface area contributed by atoms with Gasteiger partial charge in [0, 0.05) is 12.4 Å². The van der Waals surface area contributed by atoms with Crippen LogP contribution in [0.4, 0.5) is 0 Å². The Morgan fingerprint density at radius 3 is 2.71 bits per heavy atom. The number of fused-ring (bicyclic) bond motifs is 1. The first-order valence-corrected chi connectivity index (χ1v) is 7.36. The van der Waals surface area contributed by atoms with E-state index in [0.29, 0.717) is 11.8 Å². The zero-order valence-corrected chi connectivity index (χ0v) is 12.4. The van der Waals surface area contributed by atoms with Crippen LogP contribution in [0.5, 0.6) is 0 Å². The van der Waals surface area contributed by atoms with Crippen LogP contribution in [0.1, 0.15) is 53.4 Å². The minimum absolute atomic E-state index is 0.0581. The van der Waals surface area contributed by atoms with Crippen LogP contribution in [-0.4, -0.2) is 5.54 Å². The van der Waals surface area contributed by atoms with Crippen molar-refractivity contribution >= 4 is 12.4 Å². The standard InChI is InChI=1S/C15H25NS/c1-10(2)12-7-8-15(4,16-17)14-6-5-11(3)9-13(12)14/h9-10,12-14H,5-8H2,1-4H3/t12-,13-,14-,15-/m1/s1. The van der Waals surface area contributed by atoms with Gasteiger partial charge in [-0.25, -0.2) is 4.36 Å². The molecule has 0 saturated heterocycles. The van der Waals surface area contributed by atoms with Crippen LogP contribution in [0.3, 0.4) is 0 Å². The molecule has 0 amide bonds. The van der Waals surface area contributed by atoms with E-state index >= 15 is 0 Å². The Hall–Kier alpha value is -0.240. The van der Waals surface area contributed by atoms with Crippen LogP contribution in [0, 0.1) is 23.7 Å². The number of rotatable bonds is 2. The molecule has 0 aliphatic heterocycles. The van der Waals surface area contributed by atoms with E-state index in [1.54, 1.807) is 5.57 Å². The van der Waals surface area contributed by atoms with E-state index in [-0.39, 0.29) is 5.54 Å². The summed E-state index contributed by atoms with van der Waals surface area (Å²) in [6, 6.07) is 0. The summed E-state index contributed by atoms with van der Waals surface area (Å²) >= 11 is 5.09. The van der Waals surface area contributed by atoms with Crippen molar-refractivity contribution in [1.29, 1.82) is 0 Å². The lowest BCUT2D eigenvalue weighted by Gasteiger charge is -2.49. The van der Waals surface area contributed by atoms with Crippen LogP contribution >= 0.6 is 0 Å². The summed E-state index contributed by atoms with van der Waals surface area (Å²) in [4.78, 5) is 0. The Morgan fingerprint density at radius 1 is 1.41 bits per heavy atom. The molecule has 0 aromatic rings. The first-order chi connectivity index (χ1) is 7.98. The Kier molecular flexibility index (Phi) is 3.72. The van der Waals surface area contributed by atoms with Crippen molar-refractivity contribution in [1.82, 2.24) is 0 Å². The SMILES string of the molecule is CC1=C[C@@H]2[C@@H](C(C)C)CC[C@@](C)(N=S)[C@@H]2CC1. The van der Waals surface area contributed by atoms with Gasteiger partial charge in [-0.15, -0.1) is 0 Å². The summed E-state index contributed by atoms with van der Waals surface area (Å²) in [5, 5.41) is 0. The quantitative estimate of drug-likeness (QED) is 0.658. The first-order valence-electron chi connectivity index (χ1n) is 7.00. The molecule has 0 bridgehead atoms. The molecule has 4 atom stereocenters. The van der Waals surface area contributed by atoms with Gasteiger partial charge in [0.1, 0.15) is 0 Å². The Labute approximate surface area is 111 Å². The van der Waals surface area contributed by atoms with E-state index in [4.69, 9.17) is 12.4 Å². The third-order valence-corrected chi connectivity index (χ3v) is 5.55. The molecular formula is C15H25NS. The fourth-order valence-electron chi connectivity index (χ4n) is 3.98. The molecule has 0 radical (unpaired) electrons. The predicted octanol–water partition coefficient (Wildman–Crippen LogP) is 4.51. The third kappa shape index (κ3) is 2.33. The van der Waals surface area contributed by atoms with Gasteiger partial charge in [0.15, 0.2) is 0 Å². The molecule has 0 aromatic carbocycles. The largest absolute Gasteiger partial charge is 0.213 e. The van der Waals surface area contributed by atoms with Crippen molar-refractivity contribution in [3.05, 3.63) is 11.6 Å². The average Bonchev–Trinajstić information content (AvgIpc) is 2.28. The van der Waals surface area contributed by atoms with E-state index < -0.39 is 0 Å². The monoisotopic (exact) mass is 251 g/mol. The zero-order chi connectivity index (χ0) is 12.6. The Bertz CT molecular complexity index is 334. The molecule has 1 saturated carbocycles. The molecule has 0 heterocycles. The summed E-state index contributed by atoms with van der Waals surface area (Å²) in [5.74, 6) is 3.01. The molecule has 1 nitrogen and oxygen atoms in total. The van der Waals surface area contributed by atoms with Gasteiger partial charge in [-0.3, -0.25) is 0 Å². The zero-order valence-electron chi connectivity index (χ0n) is 11.6. The fraction of sp³-hybridized carbons (Fsp3) is 0.867. The second-order valence-corrected chi connectivity index (χ2v) is 6.81. The normalized spacial score (nSPS) is 41.9. The smallest absolute Gasteiger partial charge is 0.0744 e. The highest BCUT2D eigenvalue weighted by Gasteiger charge is 2.47. The van der Waals surface area contributed by atoms with Crippen LogP contribution in [0.15, 0.2) is 16.0 Å². The molecule has 2 heteroatoms. The minimum atomic E-state index is 0.0581. The average molecular weight is 251 g/mol. The Morgan fingerprint density at radius 2 is 2.12 bits per heavy atom. The van der Waals surface area contributed by atoms with Crippen LogP contribution < -0.4 is 0 Å². The highest BCUT2D eigenvalue weighted by Crippen LogP contribution is 2.51. The maximum Gasteiger partial charge on any atom is 0.0744 e. The third-order valence-electron chi connectivity index (χ3n) is 5.13. The van der Waals surface area contributed by atoms with E-state index in [1.807, 2.05) is 0 Å². The van der Waals surface area contributed by atoms with Crippen molar-refractivity contribution in [2.75, 3.05) is 0 Å². The lowest BCUT2D eigenvalue weighted by molar-refractivity contribution is 0.0694. The molecule has 0 unspecified atom stereocenters. The summed E-state index contributed by atoms with van der Waals surface area (Å²) < 4.78 is 4.34. The molecule has 0 aromatic heterocycles. The molecule has 96 valence electrons. The lowest BCUT2D eigenvalue weighted by Crippen LogP contribution is -2.46. The number of hydrogen-bond acceptors (Lipinski definition) is 2. The van der Waals surface area contributed by atoms with Crippen molar-refractivity contribution in [2.45, 2.75) is 58.9 Å². The van der Waals surface area contributed by atoms with Gasteiger partial charge in [-0.2, -0.15) is 0 Å². The lowest BCUT2D eigenvalue weighted by atomic mass is 9.57. The second kappa shape index (κ2) is 4.79. The van der Waals surface area contributed by atoms with Crippen LogP contribution in [0.25, 0.3) is 0 Å². The molecule has 0 spiro atoms. The number of nitrogens with zero attached hydrogens (tertiary/aromatic N) is 1. The molecule has 2 aliphatic carbocycles. The maximum atomic E-state index is 5.09. The van der Waals surface area contributed by atoms with Gasteiger partial charge in [0.25, 0.3) is 0 Å². The molecule has 17 heavy (non-hydrogen) atoms. The van der Waals surface area contributed by atoms with Gasteiger partial charge < -0.3 is 0 Å². The summed E-state index contributed by atoms with van der Waals surface area (Å²) in [6.07, 6.45) is 7.54. The van der Waals surface area contributed by atoms with Gasteiger partial charge in [-0.05, 0) is 63.2 Å². The van der Waals surface area contributed by atoms with Crippen molar-refractivity contribution in [3.63, 3.8) is 0 Å². The van der Waals surface area contributed by atoms with Crippen molar-refractivity contribution in [2.24, 2.45) is 28.0 Å². The van der Waals surface area contributed by atoms with Gasteiger partial charge in [0.05, 0.1) is 5.54 Å². The summed E-state index contributed by atoms with van der Waals surface area (Å²) in [6.45, 7) is 9.30. The van der Waals surface area contributed by atoms with Gasteiger partial charge >= 0.3 is 0 Å². The predicted molar refractivity (Wildman–Crippen MR) is 75.7 cm³/mol. The van der Waals surface area contributed by atoms with Crippen molar-refractivity contribution in [3.8, 4) is 0 Å². The molecule has 0 N–H and O–H groups in total. The van der Waals surface area contributed by atoms with Crippen LogP contribution in [-0.2, 0) is 12.4 Å². The van der Waals surface area contributed by atoms with E-state index in [1.165, 1.54) is 25.7 Å². The fourth-order valence-corrected chi connectivity index (χ4v) is 4.21. The molecule has 2 rings (SSSR count). The molecule has 1 fully saturated rings. The summed E-state index contributed by atoms with van der Waals surface area (Å²) in [7, 11) is 0. The number of hydrogen-bond donors (Lipinski definition) is 0. The van der Waals surface area contributed by atoms with E-state index in [2.05, 4.69) is 38.1 Å². The van der Waals surface area contributed by atoms with Crippen molar-refractivity contribution < 1.29 is 0 Å². The number of allylic oxidation sites excluding steroid dienone is 2. The maximum absolute atomic E-state index is 5.09. The highest BCUT2D eigenvalue weighted by atomic mass is 32.1. The minimum Gasteiger partial charge on any atom is -0.213 e. The van der Waals surface area contributed by atoms with Gasteiger partial charge in [-0.1, -0.05) is 25.5 Å². The first kappa shape index (κ1) is 13.2. The second-order valence-electron chi connectivity index (χ2n) is 6.63. The highest BCUT2D eigenvalue weighted by molar-refractivity contribution is 7.47. The van der Waals surface area contributed by atoms with Crippen LogP contribution in [0.2, 0.25) is 0 Å². The van der Waals surface area contributed by atoms with Gasteiger partial charge in [0.2, 0.25) is 0 Å². The van der Waals surface area contributed by atoms with E-state index in [0.717, 1.165) is 11.8 Å². The Balaban J connectivity index is 2.32. The molecule has 2 aliphatic rings. The summed E-state index contributed by atoms with van der Waals surface area (Å²) in [5.41, 5.74) is 1.63. The molecular weight excluding hydrogens is 226 g/mol.